The van der Waals surface area contributed by atoms with Crippen LogP contribution >= 0.6 is 0 Å². The molecule has 0 aromatic heterocycles. The molecule has 0 radical (unpaired) electrons. The number of likely N-dealkylation sites (tertiary alicyclic amines) is 1. The molecule has 2 unspecified atom stereocenters. The van der Waals surface area contributed by atoms with Crippen LogP contribution in [0, 0.1) is 5.92 Å². The van der Waals surface area contributed by atoms with Crippen molar-refractivity contribution in [2.75, 3.05) is 6.54 Å². The van der Waals surface area contributed by atoms with Crippen molar-refractivity contribution in [3.63, 3.8) is 0 Å². The van der Waals surface area contributed by atoms with Crippen LogP contribution in [0.25, 0.3) is 0 Å². The second-order valence-corrected chi connectivity index (χ2v) is 4.55. The zero-order chi connectivity index (χ0) is 10.1. The molecule has 0 aromatic rings. The Morgan fingerprint density at radius 1 is 1.50 bits per heavy atom. The summed E-state index contributed by atoms with van der Waals surface area (Å²) in [5.74, 6) is 0.168. The van der Waals surface area contributed by atoms with Gasteiger partial charge >= 0.3 is 5.97 Å². The fourth-order valence-electron chi connectivity index (χ4n) is 2.77. The molecule has 1 saturated heterocycles. The molecule has 3 nitrogen and oxygen atoms in total. The average molecular weight is 197 g/mol. The van der Waals surface area contributed by atoms with Gasteiger partial charge in [-0.25, -0.2) is 0 Å². The summed E-state index contributed by atoms with van der Waals surface area (Å²) in [6.45, 7) is 3.17. The molecule has 2 rings (SSSR count). The van der Waals surface area contributed by atoms with Gasteiger partial charge in [0.05, 0.1) is 0 Å². The van der Waals surface area contributed by atoms with Gasteiger partial charge in [0.2, 0.25) is 0 Å². The fraction of sp³-hybridized carbons (Fsp3) is 0.909. The average Bonchev–Trinajstić information content (AvgIpc) is 2.84. The highest BCUT2D eigenvalue weighted by molar-refractivity contribution is 5.73. The lowest BCUT2D eigenvalue weighted by molar-refractivity contribution is -0.143. The van der Waals surface area contributed by atoms with E-state index in [4.69, 9.17) is 5.11 Å². The van der Waals surface area contributed by atoms with Crippen LogP contribution in [0.5, 0.6) is 0 Å². The minimum Gasteiger partial charge on any atom is -0.480 e. The van der Waals surface area contributed by atoms with E-state index < -0.39 is 5.97 Å². The van der Waals surface area contributed by atoms with Gasteiger partial charge in [-0.05, 0) is 44.6 Å². The van der Waals surface area contributed by atoms with Crippen LogP contribution in [0.1, 0.15) is 39.0 Å². The molecule has 80 valence electrons. The summed E-state index contributed by atoms with van der Waals surface area (Å²) in [6.07, 6.45) is 5.62. The molecule has 2 aliphatic rings. The number of hydrogen-bond donors (Lipinski definition) is 1. The molecule has 0 bridgehead atoms. The number of aliphatic carboxylic acids is 1. The SMILES string of the molecule is CCC(C1CC1)N1CCCC1C(=O)O. The van der Waals surface area contributed by atoms with E-state index in [1.165, 1.54) is 12.8 Å². The van der Waals surface area contributed by atoms with E-state index in [0.717, 1.165) is 31.7 Å². The summed E-state index contributed by atoms with van der Waals surface area (Å²) in [4.78, 5) is 13.3. The lowest BCUT2D eigenvalue weighted by Crippen LogP contribution is -2.44. The Morgan fingerprint density at radius 2 is 2.21 bits per heavy atom. The Labute approximate surface area is 85.1 Å². The number of carboxylic acid groups (broad SMARTS) is 1. The molecule has 1 aliphatic carbocycles. The Bertz CT molecular complexity index is 225. The maximum Gasteiger partial charge on any atom is 0.320 e. The van der Waals surface area contributed by atoms with Crippen molar-refractivity contribution in [2.24, 2.45) is 5.92 Å². The van der Waals surface area contributed by atoms with Crippen molar-refractivity contribution in [1.29, 1.82) is 0 Å². The van der Waals surface area contributed by atoms with Gasteiger partial charge < -0.3 is 5.11 Å². The fourth-order valence-corrected chi connectivity index (χ4v) is 2.77. The molecule has 14 heavy (non-hydrogen) atoms. The first-order valence-electron chi connectivity index (χ1n) is 5.72. The zero-order valence-corrected chi connectivity index (χ0v) is 8.78. The van der Waals surface area contributed by atoms with E-state index in [-0.39, 0.29) is 6.04 Å². The van der Waals surface area contributed by atoms with Gasteiger partial charge in [0.15, 0.2) is 0 Å². The minimum atomic E-state index is -0.624. The molecule has 0 spiro atoms. The van der Waals surface area contributed by atoms with Crippen molar-refractivity contribution in [1.82, 2.24) is 4.90 Å². The Balaban J connectivity index is 2.02. The van der Waals surface area contributed by atoms with E-state index in [1.807, 2.05) is 0 Å². The standard InChI is InChI=1S/C11H19NO2/c1-2-9(8-5-6-8)12-7-3-4-10(12)11(13)14/h8-10H,2-7H2,1H3,(H,13,14). The molecule has 1 aliphatic heterocycles. The molecule has 0 amide bonds. The molecular formula is C11H19NO2. The Morgan fingerprint density at radius 3 is 2.71 bits per heavy atom. The predicted octanol–water partition coefficient (Wildman–Crippen LogP) is 1.72. The van der Waals surface area contributed by atoms with E-state index in [0.29, 0.717) is 6.04 Å². The molecule has 2 fully saturated rings. The van der Waals surface area contributed by atoms with E-state index in [9.17, 15) is 4.79 Å². The molecule has 1 heterocycles. The molecule has 1 N–H and O–H groups in total. The number of carboxylic acids is 1. The molecule has 0 aromatic carbocycles. The predicted molar refractivity (Wildman–Crippen MR) is 54.2 cm³/mol. The normalized spacial score (nSPS) is 30.5. The summed E-state index contributed by atoms with van der Waals surface area (Å²) < 4.78 is 0. The highest BCUT2D eigenvalue weighted by Gasteiger charge is 2.41. The van der Waals surface area contributed by atoms with E-state index in [2.05, 4.69) is 11.8 Å². The second-order valence-electron chi connectivity index (χ2n) is 4.55. The van der Waals surface area contributed by atoms with Crippen LogP contribution in [0.3, 0.4) is 0 Å². The number of rotatable bonds is 4. The molecule has 1 saturated carbocycles. The van der Waals surface area contributed by atoms with Crippen LogP contribution in [-0.2, 0) is 4.79 Å². The van der Waals surface area contributed by atoms with E-state index >= 15 is 0 Å². The maximum atomic E-state index is 11.0. The van der Waals surface area contributed by atoms with Gasteiger partial charge in [0, 0.05) is 6.04 Å². The van der Waals surface area contributed by atoms with Gasteiger partial charge in [-0.3, -0.25) is 9.69 Å². The third-order valence-corrected chi connectivity index (χ3v) is 3.59. The van der Waals surface area contributed by atoms with Crippen LogP contribution in [0.4, 0.5) is 0 Å². The Hall–Kier alpha value is -0.570. The third kappa shape index (κ3) is 1.78. The highest BCUT2D eigenvalue weighted by Crippen LogP contribution is 2.39. The lowest BCUT2D eigenvalue weighted by atomic mass is 10.1. The van der Waals surface area contributed by atoms with Gasteiger partial charge in [-0.1, -0.05) is 6.92 Å². The summed E-state index contributed by atoms with van der Waals surface area (Å²) >= 11 is 0. The van der Waals surface area contributed by atoms with Crippen molar-refractivity contribution >= 4 is 5.97 Å². The zero-order valence-electron chi connectivity index (χ0n) is 8.78. The van der Waals surface area contributed by atoms with Crippen molar-refractivity contribution < 1.29 is 9.90 Å². The molecular weight excluding hydrogens is 178 g/mol. The first kappa shape index (κ1) is 9.97. The van der Waals surface area contributed by atoms with Crippen LogP contribution in [0.2, 0.25) is 0 Å². The van der Waals surface area contributed by atoms with Crippen molar-refractivity contribution in [3.8, 4) is 0 Å². The van der Waals surface area contributed by atoms with Crippen molar-refractivity contribution in [2.45, 2.75) is 51.1 Å². The first-order chi connectivity index (χ1) is 6.74. The largest absolute Gasteiger partial charge is 0.480 e. The summed E-state index contributed by atoms with van der Waals surface area (Å²) in [5, 5.41) is 9.09. The topological polar surface area (TPSA) is 40.5 Å². The number of carbonyl (C=O) groups is 1. The molecule has 2 atom stereocenters. The number of nitrogens with zero attached hydrogens (tertiary/aromatic N) is 1. The van der Waals surface area contributed by atoms with Gasteiger partial charge in [0.1, 0.15) is 6.04 Å². The summed E-state index contributed by atoms with van der Waals surface area (Å²) in [7, 11) is 0. The quantitative estimate of drug-likeness (QED) is 0.746. The second kappa shape index (κ2) is 3.89. The van der Waals surface area contributed by atoms with E-state index in [1.54, 1.807) is 0 Å². The third-order valence-electron chi connectivity index (χ3n) is 3.59. The Kier molecular flexibility index (Phi) is 2.77. The van der Waals surface area contributed by atoms with Crippen molar-refractivity contribution in [3.05, 3.63) is 0 Å². The van der Waals surface area contributed by atoms with Gasteiger partial charge in [-0.15, -0.1) is 0 Å². The smallest absolute Gasteiger partial charge is 0.320 e. The first-order valence-corrected chi connectivity index (χ1v) is 5.72. The van der Waals surface area contributed by atoms with Gasteiger partial charge in [0.25, 0.3) is 0 Å². The van der Waals surface area contributed by atoms with Crippen LogP contribution in [-0.4, -0.2) is 34.6 Å². The van der Waals surface area contributed by atoms with Crippen LogP contribution in [0.15, 0.2) is 0 Å². The monoisotopic (exact) mass is 197 g/mol. The maximum absolute atomic E-state index is 11.0. The van der Waals surface area contributed by atoms with Crippen LogP contribution < -0.4 is 0 Å². The lowest BCUT2D eigenvalue weighted by Gasteiger charge is -2.30. The number of hydrogen-bond acceptors (Lipinski definition) is 2. The summed E-state index contributed by atoms with van der Waals surface area (Å²) in [6, 6.07) is 0.346. The summed E-state index contributed by atoms with van der Waals surface area (Å²) in [5.41, 5.74) is 0. The highest BCUT2D eigenvalue weighted by atomic mass is 16.4. The minimum absolute atomic E-state index is 0.194. The van der Waals surface area contributed by atoms with Gasteiger partial charge in [-0.2, -0.15) is 0 Å². The molecule has 3 heteroatoms.